The summed E-state index contributed by atoms with van der Waals surface area (Å²) in [6, 6.07) is 99.0. The van der Waals surface area contributed by atoms with Gasteiger partial charge >= 0.3 is 0 Å². The lowest BCUT2D eigenvalue weighted by molar-refractivity contribution is 0.420. The topological polar surface area (TPSA) is 6.48 Å². The molecule has 16 rings (SSSR count). The van der Waals surface area contributed by atoms with E-state index in [2.05, 4.69) is 285 Å². The molecule has 11 aromatic carbocycles. The van der Waals surface area contributed by atoms with Gasteiger partial charge in [0.05, 0.1) is 16.8 Å². The third-order valence-electron chi connectivity index (χ3n) is 19.1. The van der Waals surface area contributed by atoms with Crippen molar-refractivity contribution in [2.45, 2.75) is 56.3 Å². The highest BCUT2D eigenvalue weighted by Crippen LogP contribution is 2.67. The second-order valence-electron chi connectivity index (χ2n) is 23.5. The Bertz CT molecular complexity index is 4140. The molecule has 2 saturated carbocycles. The molecule has 5 aliphatic rings. The molecule has 11 aromatic rings. The highest BCUT2D eigenvalue weighted by molar-refractivity contribution is 6.07. The lowest BCUT2D eigenvalue weighted by atomic mass is 9.70. The van der Waals surface area contributed by atoms with E-state index in [1.165, 1.54) is 126 Å². The van der Waals surface area contributed by atoms with Crippen LogP contribution in [0.3, 0.4) is 0 Å². The number of fused-ring (bicyclic) bond motifs is 15. The van der Waals surface area contributed by atoms with Crippen LogP contribution in [0.4, 0.5) is 34.1 Å². The molecule has 0 aliphatic heterocycles. The number of hydrogen-bond acceptors (Lipinski definition) is 2. The number of anilines is 6. The normalized spacial score (nSPS) is 19.1. The van der Waals surface area contributed by atoms with Crippen molar-refractivity contribution in [3.8, 4) is 55.6 Å². The second kappa shape index (κ2) is 17.8. The van der Waals surface area contributed by atoms with Gasteiger partial charge < -0.3 is 9.80 Å². The molecule has 2 fully saturated rings. The zero-order chi connectivity index (χ0) is 52.4. The van der Waals surface area contributed by atoms with E-state index in [1.54, 1.807) is 0 Å². The Balaban J connectivity index is 0.999. The molecule has 2 nitrogen and oxygen atoms in total. The SMILES string of the molecule is CC1(C)c2ccccc2-c2cc(N(c3ccccc3)c3cc4c(cc3-c3ccc(C5CC6CCC5C6)cc3)-c3ccccc3C43c4ccccc4-c4c3ccc(-c3ccccc3)c4N(c3ccccc3)c3ccccc3)ccc21. The highest BCUT2D eigenvalue weighted by Gasteiger charge is 2.53. The minimum atomic E-state index is -0.664. The molecule has 5 aliphatic carbocycles. The summed E-state index contributed by atoms with van der Waals surface area (Å²) in [4.78, 5) is 5.08. The fraction of sp³-hybridized carbons (Fsp3) is 0.143. The first-order valence-electron chi connectivity index (χ1n) is 28.7. The quantitative estimate of drug-likeness (QED) is 0.142. The van der Waals surface area contributed by atoms with Crippen LogP contribution in [0, 0.1) is 11.8 Å². The van der Waals surface area contributed by atoms with Crippen molar-refractivity contribution in [3.05, 3.63) is 300 Å². The van der Waals surface area contributed by atoms with Crippen molar-refractivity contribution in [3.63, 3.8) is 0 Å². The molecule has 0 saturated heterocycles. The van der Waals surface area contributed by atoms with Gasteiger partial charge in [-0.15, -0.1) is 0 Å². The summed E-state index contributed by atoms with van der Waals surface area (Å²) in [5.74, 6) is 2.37. The zero-order valence-corrected chi connectivity index (χ0v) is 44.8. The largest absolute Gasteiger partial charge is 0.310 e. The molecular formula is C77H60N2. The Hall–Kier alpha value is -8.98. The fourth-order valence-corrected chi connectivity index (χ4v) is 15.7. The van der Waals surface area contributed by atoms with Gasteiger partial charge in [-0.25, -0.2) is 0 Å². The van der Waals surface area contributed by atoms with Gasteiger partial charge in [-0.05, 0) is 176 Å². The zero-order valence-electron chi connectivity index (χ0n) is 44.8. The molecule has 4 atom stereocenters. The third-order valence-corrected chi connectivity index (χ3v) is 19.1. The van der Waals surface area contributed by atoms with E-state index in [-0.39, 0.29) is 5.41 Å². The summed E-state index contributed by atoms with van der Waals surface area (Å²) >= 11 is 0. The first kappa shape index (κ1) is 46.1. The van der Waals surface area contributed by atoms with Crippen LogP contribution in [-0.4, -0.2) is 0 Å². The van der Waals surface area contributed by atoms with Gasteiger partial charge in [-0.3, -0.25) is 0 Å². The van der Waals surface area contributed by atoms with Crippen LogP contribution in [0.2, 0.25) is 0 Å². The molecule has 0 N–H and O–H groups in total. The molecule has 2 bridgehead atoms. The van der Waals surface area contributed by atoms with Crippen molar-refractivity contribution < 1.29 is 0 Å². The van der Waals surface area contributed by atoms with E-state index in [0.717, 1.165) is 40.3 Å². The van der Waals surface area contributed by atoms with Crippen molar-refractivity contribution >= 4 is 34.1 Å². The molecule has 0 aromatic heterocycles. The van der Waals surface area contributed by atoms with Crippen LogP contribution in [-0.2, 0) is 10.8 Å². The maximum atomic E-state index is 2.62. The van der Waals surface area contributed by atoms with Crippen LogP contribution in [0.1, 0.15) is 84.4 Å². The first-order chi connectivity index (χ1) is 38.9. The van der Waals surface area contributed by atoms with E-state index in [0.29, 0.717) is 5.92 Å². The van der Waals surface area contributed by atoms with Gasteiger partial charge in [-0.1, -0.05) is 220 Å². The van der Waals surface area contributed by atoms with Gasteiger partial charge in [0.1, 0.15) is 0 Å². The van der Waals surface area contributed by atoms with Gasteiger partial charge in [0.15, 0.2) is 0 Å². The molecule has 378 valence electrons. The molecule has 79 heavy (non-hydrogen) atoms. The monoisotopic (exact) mass is 1010 g/mol. The minimum Gasteiger partial charge on any atom is -0.310 e. The summed E-state index contributed by atoms with van der Waals surface area (Å²) in [7, 11) is 0. The summed E-state index contributed by atoms with van der Waals surface area (Å²) in [5.41, 5.74) is 28.1. The molecule has 0 radical (unpaired) electrons. The molecule has 1 spiro atoms. The number of hydrogen-bond donors (Lipinski definition) is 0. The van der Waals surface area contributed by atoms with Gasteiger partial charge in [-0.2, -0.15) is 0 Å². The van der Waals surface area contributed by atoms with Gasteiger partial charge in [0.2, 0.25) is 0 Å². The maximum absolute atomic E-state index is 2.62. The lowest BCUT2D eigenvalue weighted by Gasteiger charge is -2.34. The summed E-state index contributed by atoms with van der Waals surface area (Å²) in [6.45, 7) is 4.76. The van der Waals surface area contributed by atoms with Crippen LogP contribution in [0.15, 0.2) is 261 Å². The average Bonchev–Trinajstić information content (AvgIpc) is 3.06. The molecule has 2 heteroatoms. The third kappa shape index (κ3) is 6.83. The lowest BCUT2D eigenvalue weighted by Crippen LogP contribution is -2.26. The average molecular weight is 1010 g/mol. The van der Waals surface area contributed by atoms with Gasteiger partial charge in [0, 0.05) is 44.9 Å². The standard InChI is InChI=1S/C77H60N2/c1-76(2)67-32-18-15-29-60(67)65-47-58(41-43-68(65)76)78(55-23-9-4-10-24-55)73-49-72-66(48-64(73)53-39-37-52(38-40-53)63-46-50-35-36-54(63)45-50)61-30-16-19-33-69(61)77(72)70-34-20-17-31-62(70)74-71(77)44-42-59(51-21-7-3-8-22-51)75(74)79(56-25-11-5-12-26-56)57-27-13-6-14-28-57/h3-34,37-44,47-50,54,63H,35-36,45-46H2,1-2H3. The summed E-state index contributed by atoms with van der Waals surface area (Å²) < 4.78 is 0. The summed E-state index contributed by atoms with van der Waals surface area (Å²) in [6.07, 6.45) is 5.51. The van der Waals surface area contributed by atoms with Crippen LogP contribution in [0.5, 0.6) is 0 Å². The Morgan fingerprint density at radius 2 is 0.861 bits per heavy atom. The highest BCUT2D eigenvalue weighted by atomic mass is 15.2. The van der Waals surface area contributed by atoms with E-state index >= 15 is 0 Å². The van der Waals surface area contributed by atoms with Crippen molar-refractivity contribution in [1.29, 1.82) is 0 Å². The molecular weight excluding hydrogens is 953 g/mol. The number of rotatable bonds is 9. The second-order valence-corrected chi connectivity index (χ2v) is 23.5. The molecule has 0 heterocycles. The van der Waals surface area contributed by atoms with Crippen molar-refractivity contribution in [2.75, 3.05) is 9.80 Å². The minimum absolute atomic E-state index is 0.113. The predicted molar refractivity (Wildman–Crippen MR) is 329 cm³/mol. The smallest absolute Gasteiger partial charge is 0.0727 e. The van der Waals surface area contributed by atoms with Crippen LogP contribution < -0.4 is 9.80 Å². The van der Waals surface area contributed by atoms with E-state index in [9.17, 15) is 0 Å². The predicted octanol–water partition coefficient (Wildman–Crippen LogP) is 20.5. The number of para-hydroxylation sites is 3. The Kier molecular flexibility index (Phi) is 10.4. The molecule has 0 amide bonds. The maximum Gasteiger partial charge on any atom is 0.0727 e. The van der Waals surface area contributed by atoms with Gasteiger partial charge in [0.25, 0.3) is 0 Å². The van der Waals surface area contributed by atoms with E-state index in [4.69, 9.17) is 0 Å². The van der Waals surface area contributed by atoms with Crippen LogP contribution >= 0.6 is 0 Å². The first-order valence-corrected chi connectivity index (χ1v) is 28.7. The molecule has 4 unspecified atom stereocenters. The fourth-order valence-electron chi connectivity index (χ4n) is 15.7. The van der Waals surface area contributed by atoms with Crippen LogP contribution in [0.25, 0.3) is 55.6 Å². The van der Waals surface area contributed by atoms with E-state index < -0.39 is 5.41 Å². The summed E-state index contributed by atoms with van der Waals surface area (Å²) in [5, 5.41) is 0. The van der Waals surface area contributed by atoms with Crippen molar-refractivity contribution in [1.82, 2.24) is 0 Å². The number of nitrogens with zero attached hydrogens (tertiary/aromatic N) is 2. The Labute approximate surface area is 465 Å². The van der Waals surface area contributed by atoms with E-state index in [1.807, 2.05) is 0 Å². The Morgan fingerprint density at radius 3 is 1.49 bits per heavy atom. The Morgan fingerprint density at radius 1 is 0.342 bits per heavy atom. The number of benzene rings is 11. The van der Waals surface area contributed by atoms with Crippen molar-refractivity contribution in [2.24, 2.45) is 11.8 Å².